The normalized spacial score (nSPS) is 16.8. The number of amides is 1. The van der Waals surface area contributed by atoms with E-state index in [0.29, 0.717) is 24.7 Å². The standard InChI is InChI=1S/C19H21N5O2.ClH/c1-23-9-8-21-18(23)16-12-20-7-10-24(16)17(25)11-15-13-26-19(22-15)14-5-3-2-4-6-14;/h2-6,8-9,13,16,20H,7,10-12H2,1H3;1H. The van der Waals surface area contributed by atoms with Crippen molar-refractivity contribution < 1.29 is 9.21 Å². The molecule has 0 bridgehead atoms. The number of hydrogen-bond acceptors (Lipinski definition) is 5. The van der Waals surface area contributed by atoms with E-state index < -0.39 is 0 Å². The average Bonchev–Trinajstić information content (AvgIpc) is 3.31. The maximum absolute atomic E-state index is 12.9. The van der Waals surface area contributed by atoms with Crippen molar-refractivity contribution in [2.45, 2.75) is 12.5 Å². The van der Waals surface area contributed by atoms with Gasteiger partial charge < -0.3 is 19.2 Å². The van der Waals surface area contributed by atoms with Gasteiger partial charge in [-0.2, -0.15) is 0 Å². The second-order valence-electron chi connectivity index (χ2n) is 6.39. The van der Waals surface area contributed by atoms with Crippen LogP contribution in [0.15, 0.2) is 53.4 Å². The topological polar surface area (TPSA) is 76.2 Å². The Kier molecular flexibility index (Phi) is 5.93. The van der Waals surface area contributed by atoms with Crippen molar-refractivity contribution in [3.05, 3.63) is 60.5 Å². The summed E-state index contributed by atoms with van der Waals surface area (Å²) in [6.45, 7) is 2.13. The zero-order valence-electron chi connectivity index (χ0n) is 15.0. The molecule has 27 heavy (non-hydrogen) atoms. The summed E-state index contributed by atoms with van der Waals surface area (Å²) in [4.78, 5) is 23.7. The van der Waals surface area contributed by atoms with Crippen LogP contribution < -0.4 is 5.32 Å². The summed E-state index contributed by atoms with van der Waals surface area (Å²) >= 11 is 0. The summed E-state index contributed by atoms with van der Waals surface area (Å²) in [5.74, 6) is 1.46. The molecule has 1 unspecified atom stereocenters. The molecule has 3 heterocycles. The smallest absolute Gasteiger partial charge is 0.229 e. The van der Waals surface area contributed by atoms with Crippen molar-refractivity contribution in [3.63, 3.8) is 0 Å². The van der Waals surface area contributed by atoms with Gasteiger partial charge in [0.15, 0.2) is 0 Å². The summed E-state index contributed by atoms with van der Waals surface area (Å²) in [5.41, 5.74) is 1.55. The summed E-state index contributed by atoms with van der Waals surface area (Å²) < 4.78 is 7.51. The third kappa shape index (κ3) is 4.04. The molecule has 3 aromatic rings. The predicted octanol–water partition coefficient (Wildman–Crippen LogP) is 2.21. The van der Waals surface area contributed by atoms with Crippen LogP contribution in [0.1, 0.15) is 17.6 Å². The molecule has 8 heteroatoms. The molecule has 1 fully saturated rings. The monoisotopic (exact) mass is 387 g/mol. The second-order valence-corrected chi connectivity index (χ2v) is 6.39. The number of nitrogens with one attached hydrogen (secondary N) is 1. The molecule has 1 amide bonds. The van der Waals surface area contributed by atoms with E-state index in [1.165, 1.54) is 0 Å². The lowest BCUT2D eigenvalue weighted by molar-refractivity contribution is -0.134. The maximum atomic E-state index is 12.9. The first-order chi connectivity index (χ1) is 12.7. The fourth-order valence-electron chi connectivity index (χ4n) is 3.29. The predicted molar refractivity (Wildman–Crippen MR) is 103 cm³/mol. The number of oxazole rings is 1. The van der Waals surface area contributed by atoms with Crippen LogP contribution in [0, 0.1) is 0 Å². The Morgan fingerprint density at radius 3 is 2.89 bits per heavy atom. The molecule has 1 atom stereocenters. The highest BCUT2D eigenvalue weighted by molar-refractivity contribution is 5.85. The van der Waals surface area contributed by atoms with Crippen LogP contribution in [0.2, 0.25) is 0 Å². The van der Waals surface area contributed by atoms with Gasteiger partial charge in [0, 0.05) is 44.6 Å². The first-order valence-corrected chi connectivity index (χ1v) is 8.69. The Bertz CT molecular complexity index is 892. The fraction of sp³-hybridized carbons (Fsp3) is 0.316. The van der Waals surface area contributed by atoms with Gasteiger partial charge in [-0.05, 0) is 12.1 Å². The minimum Gasteiger partial charge on any atom is -0.444 e. The van der Waals surface area contributed by atoms with Crippen LogP contribution in [0.25, 0.3) is 11.5 Å². The third-order valence-electron chi connectivity index (χ3n) is 4.63. The average molecular weight is 388 g/mol. The van der Waals surface area contributed by atoms with Crippen molar-refractivity contribution in [1.29, 1.82) is 0 Å². The molecule has 1 aromatic carbocycles. The number of carbonyl (C=O) groups is 1. The molecule has 0 radical (unpaired) electrons. The summed E-state index contributed by atoms with van der Waals surface area (Å²) in [7, 11) is 1.95. The van der Waals surface area contributed by atoms with Gasteiger partial charge in [-0.15, -0.1) is 12.4 Å². The van der Waals surface area contributed by atoms with Crippen molar-refractivity contribution in [1.82, 2.24) is 24.8 Å². The van der Waals surface area contributed by atoms with Crippen molar-refractivity contribution in [2.75, 3.05) is 19.6 Å². The molecule has 7 nitrogen and oxygen atoms in total. The molecule has 0 spiro atoms. The van der Waals surface area contributed by atoms with Gasteiger partial charge in [0.1, 0.15) is 18.1 Å². The third-order valence-corrected chi connectivity index (χ3v) is 4.63. The first-order valence-electron chi connectivity index (χ1n) is 8.69. The van der Waals surface area contributed by atoms with Crippen LogP contribution >= 0.6 is 12.4 Å². The quantitative estimate of drug-likeness (QED) is 0.742. The molecule has 1 aliphatic heterocycles. The van der Waals surface area contributed by atoms with E-state index in [9.17, 15) is 4.79 Å². The molecular weight excluding hydrogens is 366 g/mol. The van der Waals surface area contributed by atoms with E-state index in [4.69, 9.17) is 4.42 Å². The van der Waals surface area contributed by atoms with Gasteiger partial charge in [0.2, 0.25) is 11.8 Å². The molecule has 142 valence electrons. The van der Waals surface area contributed by atoms with Crippen LogP contribution in [0.4, 0.5) is 0 Å². The number of imidazole rings is 1. The summed E-state index contributed by atoms with van der Waals surface area (Å²) in [6.07, 6.45) is 5.45. The SMILES string of the molecule is Cl.Cn1ccnc1C1CNCCN1C(=O)Cc1coc(-c2ccccc2)n1. The van der Waals surface area contributed by atoms with Crippen molar-refractivity contribution in [2.24, 2.45) is 7.05 Å². The zero-order valence-corrected chi connectivity index (χ0v) is 15.9. The van der Waals surface area contributed by atoms with E-state index in [0.717, 1.165) is 17.9 Å². The number of halogens is 1. The van der Waals surface area contributed by atoms with Gasteiger partial charge in [-0.3, -0.25) is 4.79 Å². The zero-order chi connectivity index (χ0) is 17.9. The fourth-order valence-corrected chi connectivity index (χ4v) is 3.29. The number of nitrogens with zero attached hydrogens (tertiary/aromatic N) is 4. The van der Waals surface area contributed by atoms with E-state index in [1.54, 1.807) is 12.5 Å². The molecular formula is C19H22ClN5O2. The van der Waals surface area contributed by atoms with Gasteiger partial charge in [0.25, 0.3) is 0 Å². The summed E-state index contributed by atoms with van der Waals surface area (Å²) in [6, 6.07) is 9.61. The summed E-state index contributed by atoms with van der Waals surface area (Å²) in [5, 5.41) is 3.34. The first kappa shape index (κ1) is 19.1. The second kappa shape index (κ2) is 8.37. The Balaban J connectivity index is 0.00000210. The van der Waals surface area contributed by atoms with Gasteiger partial charge in [-0.25, -0.2) is 9.97 Å². The Morgan fingerprint density at radius 2 is 2.15 bits per heavy atom. The van der Waals surface area contributed by atoms with E-state index in [1.807, 2.05) is 53.0 Å². The van der Waals surface area contributed by atoms with Gasteiger partial charge in [-0.1, -0.05) is 18.2 Å². The van der Waals surface area contributed by atoms with Crippen LogP contribution in [-0.2, 0) is 18.3 Å². The number of benzene rings is 1. The van der Waals surface area contributed by atoms with Crippen LogP contribution in [0.3, 0.4) is 0 Å². The highest BCUT2D eigenvalue weighted by atomic mass is 35.5. The number of rotatable bonds is 4. The largest absolute Gasteiger partial charge is 0.444 e. The molecule has 1 saturated heterocycles. The highest BCUT2D eigenvalue weighted by Gasteiger charge is 2.30. The van der Waals surface area contributed by atoms with E-state index in [2.05, 4.69) is 15.3 Å². The maximum Gasteiger partial charge on any atom is 0.229 e. The van der Waals surface area contributed by atoms with Gasteiger partial charge >= 0.3 is 0 Å². The Morgan fingerprint density at radius 1 is 1.33 bits per heavy atom. The molecule has 1 aliphatic rings. The number of aromatic nitrogens is 3. The number of aryl methyl sites for hydroxylation is 1. The molecule has 0 aliphatic carbocycles. The van der Waals surface area contributed by atoms with Crippen molar-refractivity contribution in [3.8, 4) is 11.5 Å². The number of hydrogen-bond donors (Lipinski definition) is 1. The Labute approximate surface area is 163 Å². The number of carbonyl (C=O) groups excluding carboxylic acids is 1. The Hall–Kier alpha value is -2.64. The molecule has 2 aromatic heterocycles. The number of piperazine rings is 1. The van der Waals surface area contributed by atoms with E-state index >= 15 is 0 Å². The minimum absolute atomic E-state index is 0. The lowest BCUT2D eigenvalue weighted by Gasteiger charge is -2.35. The van der Waals surface area contributed by atoms with Crippen molar-refractivity contribution >= 4 is 18.3 Å². The highest BCUT2D eigenvalue weighted by Crippen LogP contribution is 2.23. The van der Waals surface area contributed by atoms with Crippen LogP contribution in [0.5, 0.6) is 0 Å². The lowest BCUT2D eigenvalue weighted by atomic mass is 10.1. The minimum atomic E-state index is -0.0725. The van der Waals surface area contributed by atoms with Crippen LogP contribution in [-0.4, -0.2) is 45.0 Å². The molecule has 0 saturated carbocycles. The molecule has 4 rings (SSSR count). The molecule has 1 N–H and O–H groups in total. The van der Waals surface area contributed by atoms with Gasteiger partial charge in [0.05, 0.1) is 12.1 Å². The van der Waals surface area contributed by atoms with E-state index in [-0.39, 0.29) is 30.8 Å². The lowest BCUT2D eigenvalue weighted by Crippen LogP contribution is -2.49.